The molecular formula is C68H66BN3S. The Hall–Kier alpha value is -6.82. The molecule has 8 aromatic carbocycles. The Morgan fingerprint density at radius 1 is 0.534 bits per heavy atom. The van der Waals surface area contributed by atoms with E-state index in [1.54, 1.807) is 0 Å². The summed E-state index contributed by atoms with van der Waals surface area (Å²) in [5.74, 6) is 0. The van der Waals surface area contributed by atoms with Crippen LogP contribution in [0.4, 0.5) is 34.1 Å². The third-order valence-corrected chi connectivity index (χ3v) is 18.3. The molecule has 0 saturated carbocycles. The van der Waals surface area contributed by atoms with Gasteiger partial charge >= 0.3 is 6.85 Å². The number of aryl methyl sites for hydroxylation is 2. The third kappa shape index (κ3) is 7.05. The number of nitrogens with zero attached hydrogens (tertiary/aromatic N) is 3. The first kappa shape index (κ1) is 46.0. The lowest BCUT2D eigenvalue weighted by Crippen LogP contribution is -2.56. The van der Waals surface area contributed by atoms with E-state index in [0.29, 0.717) is 0 Å². The molecule has 0 unspecified atom stereocenters. The van der Waals surface area contributed by atoms with Crippen molar-refractivity contribution in [1.82, 2.24) is 4.48 Å². The molecule has 0 amide bonds. The summed E-state index contributed by atoms with van der Waals surface area (Å²) >= 11 is 1.95. The van der Waals surface area contributed by atoms with Crippen LogP contribution in [-0.4, -0.2) is 11.3 Å². The predicted molar refractivity (Wildman–Crippen MR) is 318 cm³/mol. The number of hydrogen-bond acceptors (Lipinski definition) is 3. The van der Waals surface area contributed by atoms with Gasteiger partial charge in [-0.3, -0.25) is 0 Å². The van der Waals surface area contributed by atoms with Crippen molar-refractivity contribution < 1.29 is 0 Å². The molecular weight excluding hydrogens is 902 g/mol. The van der Waals surface area contributed by atoms with Gasteiger partial charge in [-0.1, -0.05) is 166 Å². The molecule has 3 nitrogen and oxygen atoms in total. The second-order valence-electron chi connectivity index (χ2n) is 25.0. The Balaban J connectivity index is 1.14. The van der Waals surface area contributed by atoms with Gasteiger partial charge in [0.05, 0.1) is 4.83 Å². The number of thiophene rings is 1. The molecule has 3 aliphatic rings. The summed E-state index contributed by atoms with van der Waals surface area (Å²) in [6, 6.07) is 61.3. The van der Waals surface area contributed by atoms with Gasteiger partial charge in [-0.25, -0.2) is 0 Å². The lowest BCUT2D eigenvalue weighted by Gasteiger charge is -2.45. The first-order valence-corrected chi connectivity index (χ1v) is 27.4. The van der Waals surface area contributed by atoms with Crippen molar-refractivity contribution in [2.75, 3.05) is 9.80 Å². The van der Waals surface area contributed by atoms with E-state index in [9.17, 15) is 0 Å². The fourth-order valence-electron chi connectivity index (χ4n) is 12.9. The SMILES string of the molecule is Cc1cc2c3c(c1)N(c1cc4c(cc1C)C(C)(C)CCC4(C)C)c1ccc(-c4ccccc4)cc1B3n1c3sc4ccccc4c3c3cc(N(c4ccc(C(C)(C)C)cc4)c4ccc(C(C)(C)C)cc4)cc-2c31. The number of fused-ring (bicyclic) bond motifs is 10. The van der Waals surface area contributed by atoms with Crippen molar-refractivity contribution in [3.63, 3.8) is 0 Å². The van der Waals surface area contributed by atoms with Crippen molar-refractivity contribution in [3.05, 3.63) is 191 Å². The average Bonchev–Trinajstić information content (AvgIpc) is 3.89. The number of aromatic nitrogens is 1. The van der Waals surface area contributed by atoms with Crippen LogP contribution in [0.1, 0.15) is 115 Å². The minimum absolute atomic E-state index is 0.0366. The number of rotatable bonds is 5. The highest BCUT2D eigenvalue weighted by Crippen LogP contribution is 2.54. The summed E-state index contributed by atoms with van der Waals surface area (Å²) < 4.78 is 4.09. The molecule has 73 heavy (non-hydrogen) atoms. The van der Waals surface area contributed by atoms with E-state index in [1.165, 1.54) is 128 Å². The Bertz CT molecular complexity index is 3840. The van der Waals surface area contributed by atoms with E-state index < -0.39 is 0 Å². The van der Waals surface area contributed by atoms with Gasteiger partial charge in [0.2, 0.25) is 0 Å². The van der Waals surface area contributed by atoms with Gasteiger partial charge in [0.25, 0.3) is 0 Å². The first-order chi connectivity index (χ1) is 34.8. The van der Waals surface area contributed by atoms with Crippen LogP contribution in [0.25, 0.3) is 53.5 Å². The van der Waals surface area contributed by atoms with Gasteiger partial charge in [0.15, 0.2) is 0 Å². The second-order valence-corrected chi connectivity index (χ2v) is 26.1. The third-order valence-electron chi connectivity index (χ3n) is 17.1. The highest BCUT2D eigenvalue weighted by Gasteiger charge is 2.45. The van der Waals surface area contributed by atoms with Crippen LogP contribution in [0, 0.1) is 13.8 Å². The highest BCUT2D eigenvalue weighted by molar-refractivity contribution is 7.26. The summed E-state index contributed by atoms with van der Waals surface area (Å²) in [5, 5.41) is 3.96. The molecule has 0 spiro atoms. The molecule has 0 fully saturated rings. The molecule has 5 heteroatoms. The van der Waals surface area contributed by atoms with Crippen molar-refractivity contribution in [3.8, 4) is 22.3 Å². The standard InChI is InChI=1S/C68H66BN3S/c1-41-34-51-52-38-49(70(47-27-23-45(24-28-47)65(3,4)5)48-29-25-46(26-30-48)66(6,7)8)39-53-61-50-20-16-17-21-60(50)73-64(61)72(63(52)53)69-56-37-44(43-18-14-13-15-19-43)22-31-57(56)71(59(35-41)62(51)69)58-40-55-54(36-42(58)2)67(9,10)32-33-68(55,11)12/h13-31,34-40H,32-33H2,1-12H3. The summed E-state index contributed by atoms with van der Waals surface area (Å²) in [5.41, 5.74) is 24.8. The Morgan fingerprint density at radius 2 is 1.15 bits per heavy atom. The molecule has 10 aromatic rings. The lowest BCUT2D eigenvalue weighted by molar-refractivity contribution is 0.332. The molecule has 13 rings (SSSR count). The maximum Gasteiger partial charge on any atom is 0.333 e. The number of benzene rings is 8. The van der Waals surface area contributed by atoms with Crippen LogP contribution in [0.5, 0.6) is 0 Å². The Morgan fingerprint density at radius 3 is 1.79 bits per heavy atom. The molecule has 0 bridgehead atoms. The molecule has 0 saturated heterocycles. The minimum Gasteiger partial charge on any atom is -0.367 e. The monoisotopic (exact) mass is 968 g/mol. The van der Waals surface area contributed by atoms with E-state index in [1.807, 2.05) is 11.3 Å². The van der Waals surface area contributed by atoms with Crippen LogP contribution < -0.4 is 20.7 Å². The lowest BCUT2D eigenvalue weighted by atomic mass is 9.45. The second kappa shape index (κ2) is 15.8. The molecule has 362 valence electrons. The largest absolute Gasteiger partial charge is 0.367 e. The maximum atomic E-state index is 2.77. The fourth-order valence-corrected chi connectivity index (χ4v) is 14.2. The van der Waals surface area contributed by atoms with Gasteiger partial charge in [-0.15, -0.1) is 11.3 Å². The van der Waals surface area contributed by atoms with E-state index in [-0.39, 0.29) is 28.5 Å². The molecule has 0 radical (unpaired) electrons. The summed E-state index contributed by atoms with van der Waals surface area (Å²) in [7, 11) is 0. The first-order valence-electron chi connectivity index (χ1n) is 26.6. The topological polar surface area (TPSA) is 11.4 Å². The number of hydrogen-bond donors (Lipinski definition) is 0. The Labute approximate surface area is 437 Å². The normalized spacial score (nSPS) is 15.5. The average molecular weight is 968 g/mol. The van der Waals surface area contributed by atoms with Crippen molar-refractivity contribution >= 4 is 94.4 Å². The molecule has 2 aliphatic heterocycles. The van der Waals surface area contributed by atoms with Gasteiger partial charge in [0, 0.05) is 66.1 Å². The van der Waals surface area contributed by atoms with E-state index >= 15 is 0 Å². The van der Waals surface area contributed by atoms with E-state index in [0.717, 1.165) is 17.1 Å². The van der Waals surface area contributed by atoms with Gasteiger partial charge < -0.3 is 14.3 Å². The summed E-state index contributed by atoms with van der Waals surface area (Å²) in [6.07, 6.45) is 2.36. The molecule has 2 aromatic heterocycles. The van der Waals surface area contributed by atoms with Crippen molar-refractivity contribution in [2.45, 2.75) is 118 Å². The zero-order chi connectivity index (χ0) is 50.7. The quantitative estimate of drug-likeness (QED) is 0.159. The van der Waals surface area contributed by atoms with Crippen LogP contribution >= 0.6 is 11.3 Å². The number of anilines is 6. The van der Waals surface area contributed by atoms with E-state index in [4.69, 9.17) is 0 Å². The van der Waals surface area contributed by atoms with Crippen LogP contribution in [0.2, 0.25) is 0 Å². The van der Waals surface area contributed by atoms with Crippen LogP contribution in [-0.2, 0) is 21.7 Å². The summed E-state index contributed by atoms with van der Waals surface area (Å²) in [4.78, 5) is 6.50. The fraction of sp³-hybridized carbons (Fsp3) is 0.265. The smallest absolute Gasteiger partial charge is 0.333 e. The molecule has 1 aliphatic carbocycles. The van der Waals surface area contributed by atoms with Crippen LogP contribution in [0.15, 0.2) is 158 Å². The predicted octanol–water partition coefficient (Wildman–Crippen LogP) is 18.1. The van der Waals surface area contributed by atoms with Crippen molar-refractivity contribution in [1.29, 1.82) is 0 Å². The van der Waals surface area contributed by atoms with E-state index in [2.05, 4.69) is 255 Å². The molecule has 0 N–H and O–H groups in total. The van der Waals surface area contributed by atoms with Gasteiger partial charge in [0.1, 0.15) is 0 Å². The zero-order valence-electron chi connectivity index (χ0n) is 44.8. The van der Waals surface area contributed by atoms with Crippen LogP contribution in [0.3, 0.4) is 0 Å². The Kier molecular flexibility index (Phi) is 9.99. The van der Waals surface area contributed by atoms with Gasteiger partial charge in [-0.05, 0) is 170 Å². The summed E-state index contributed by atoms with van der Waals surface area (Å²) in [6.45, 7) is 28.2. The molecule has 0 atom stereocenters. The minimum atomic E-state index is -0.0637. The van der Waals surface area contributed by atoms with Gasteiger partial charge in [-0.2, -0.15) is 0 Å². The zero-order valence-corrected chi connectivity index (χ0v) is 45.6. The maximum absolute atomic E-state index is 2.77. The molecule has 4 heterocycles. The van der Waals surface area contributed by atoms with Crippen molar-refractivity contribution in [2.24, 2.45) is 0 Å². The highest BCUT2D eigenvalue weighted by atomic mass is 32.1.